The van der Waals surface area contributed by atoms with Gasteiger partial charge in [-0.05, 0) is 167 Å². The first-order valence-electron chi connectivity index (χ1n) is 21.3. The van der Waals surface area contributed by atoms with Gasteiger partial charge in [-0.15, -0.1) is 0 Å². The van der Waals surface area contributed by atoms with Crippen LogP contribution in [-0.2, 0) is 0 Å². The van der Waals surface area contributed by atoms with Gasteiger partial charge in [-0.1, -0.05) is 171 Å². The number of rotatable bonds is 8. The first-order chi connectivity index (χ1) is 24.9. The van der Waals surface area contributed by atoms with Gasteiger partial charge in [-0.2, -0.15) is 0 Å². The van der Waals surface area contributed by atoms with E-state index < -0.39 is 0 Å². The van der Waals surface area contributed by atoms with Crippen LogP contribution in [0.25, 0.3) is 0 Å². The second kappa shape index (κ2) is 22.4. The van der Waals surface area contributed by atoms with E-state index in [1.54, 1.807) is 0 Å². The molecule has 300 valence electrons. The molecule has 0 heteroatoms. The molecular formula is C54H84. The summed E-state index contributed by atoms with van der Waals surface area (Å²) in [5, 5.41) is 0. The normalized spacial score (nSPS) is 11.4. The molecule has 0 radical (unpaired) electrons. The van der Waals surface area contributed by atoms with Gasteiger partial charge in [0.1, 0.15) is 0 Å². The standard InChI is InChI=1S/2C14H22.2C13H20/c1-9(2)13-7-12(6)14(10(3)4)8-11(13)5;1-9(2)13-7-8-14(10(3)4)12(6)11(13)5;2*1-9(2)12-6-7-13(10(3)4)11(5)8-12/h2*7-10H,1-6H3;2*6-10H,1-5H3. The predicted octanol–water partition coefficient (Wildman–Crippen LogP) is 17.6. The topological polar surface area (TPSA) is 0 Å². The molecule has 0 fully saturated rings. The first-order valence-corrected chi connectivity index (χ1v) is 21.3. The van der Waals surface area contributed by atoms with Crippen molar-refractivity contribution in [2.24, 2.45) is 0 Å². The minimum atomic E-state index is 0.634. The highest BCUT2D eigenvalue weighted by molar-refractivity contribution is 5.42. The summed E-state index contributed by atoms with van der Waals surface area (Å²) in [5.41, 5.74) is 20.5. The predicted molar refractivity (Wildman–Crippen MR) is 247 cm³/mol. The van der Waals surface area contributed by atoms with E-state index in [4.69, 9.17) is 0 Å². The molecule has 0 unspecified atom stereocenters. The maximum atomic E-state index is 2.36. The Balaban J connectivity index is 0.000000360. The van der Waals surface area contributed by atoms with Crippen molar-refractivity contribution in [1.82, 2.24) is 0 Å². The van der Waals surface area contributed by atoms with Crippen LogP contribution in [-0.4, -0.2) is 0 Å². The fourth-order valence-electron chi connectivity index (χ4n) is 7.63. The summed E-state index contributed by atoms with van der Waals surface area (Å²) in [4.78, 5) is 0. The first kappa shape index (κ1) is 48.9. The van der Waals surface area contributed by atoms with Crippen LogP contribution in [0.3, 0.4) is 0 Å². The second-order valence-corrected chi connectivity index (χ2v) is 18.5. The molecule has 0 N–H and O–H groups in total. The lowest BCUT2D eigenvalue weighted by atomic mass is 9.88. The summed E-state index contributed by atoms with van der Waals surface area (Å²) in [6, 6.07) is 23.0. The van der Waals surface area contributed by atoms with Crippen LogP contribution < -0.4 is 0 Å². The van der Waals surface area contributed by atoms with E-state index >= 15 is 0 Å². The molecule has 0 aliphatic heterocycles. The maximum Gasteiger partial charge on any atom is -0.0216 e. The van der Waals surface area contributed by atoms with E-state index in [-0.39, 0.29) is 0 Å². The Morgan fingerprint density at radius 1 is 0.241 bits per heavy atom. The van der Waals surface area contributed by atoms with Crippen LogP contribution >= 0.6 is 0 Å². The zero-order chi connectivity index (χ0) is 41.8. The monoisotopic (exact) mass is 733 g/mol. The van der Waals surface area contributed by atoms with Crippen LogP contribution in [0.4, 0.5) is 0 Å². The number of hydrogen-bond donors (Lipinski definition) is 0. The van der Waals surface area contributed by atoms with Crippen LogP contribution in [0.5, 0.6) is 0 Å². The van der Waals surface area contributed by atoms with Crippen molar-refractivity contribution in [3.05, 3.63) is 139 Å². The molecule has 0 nitrogen and oxygen atoms in total. The fourth-order valence-corrected chi connectivity index (χ4v) is 7.63. The molecule has 4 rings (SSSR count). The lowest BCUT2D eigenvalue weighted by Crippen LogP contribution is -2.00. The van der Waals surface area contributed by atoms with Gasteiger partial charge >= 0.3 is 0 Å². The Bertz CT molecular complexity index is 1580. The molecule has 0 aliphatic carbocycles. The van der Waals surface area contributed by atoms with E-state index in [1.807, 2.05) is 0 Å². The van der Waals surface area contributed by atoms with E-state index in [2.05, 4.69) is 213 Å². The summed E-state index contributed by atoms with van der Waals surface area (Å²) in [7, 11) is 0. The van der Waals surface area contributed by atoms with Crippen molar-refractivity contribution < 1.29 is 0 Å². The highest BCUT2D eigenvalue weighted by Gasteiger charge is 2.12. The van der Waals surface area contributed by atoms with Gasteiger partial charge in [0, 0.05) is 0 Å². The molecule has 0 amide bonds. The Morgan fingerprint density at radius 2 is 0.463 bits per heavy atom. The molecule has 0 bridgehead atoms. The van der Waals surface area contributed by atoms with E-state index in [9.17, 15) is 0 Å². The number of aryl methyl sites for hydroxylation is 4. The molecule has 0 atom stereocenters. The molecule has 0 heterocycles. The third-order valence-corrected chi connectivity index (χ3v) is 11.2. The molecule has 0 aliphatic rings. The molecule has 4 aromatic rings. The van der Waals surface area contributed by atoms with E-state index in [1.165, 1.54) is 77.9 Å². The zero-order valence-electron chi connectivity index (χ0n) is 39.4. The second-order valence-electron chi connectivity index (χ2n) is 18.5. The zero-order valence-corrected chi connectivity index (χ0v) is 39.4. The fraction of sp³-hybridized carbons (Fsp3) is 0.556. The minimum Gasteiger partial charge on any atom is -0.0587 e. The summed E-state index contributed by atoms with van der Waals surface area (Å²) >= 11 is 0. The van der Waals surface area contributed by atoms with Crippen LogP contribution in [0, 0.1) is 41.5 Å². The Kier molecular flexibility index (Phi) is 20.3. The third-order valence-electron chi connectivity index (χ3n) is 11.2. The summed E-state index contributed by atoms with van der Waals surface area (Å²) in [6.45, 7) is 49.4. The van der Waals surface area contributed by atoms with Crippen molar-refractivity contribution in [3.63, 3.8) is 0 Å². The van der Waals surface area contributed by atoms with E-state index in [0.717, 1.165) is 0 Å². The highest BCUT2D eigenvalue weighted by atomic mass is 14.2. The van der Waals surface area contributed by atoms with Crippen LogP contribution in [0.15, 0.2) is 60.7 Å². The Hall–Kier alpha value is -3.12. The number of benzene rings is 4. The molecular weight excluding hydrogens is 649 g/mol. The van der Waals surface area contributed by atoms with Gasteiger partial charge in [-0.25, -0.2) is 0 Å². The Morgan fingerprint density at radius 3 is 0.667 bits per heavy atom. The quantitative estimate of drug-likeness (QED) is 0.169. The van der Waals surface area contributed by atoms with E-state index in [0.29, 0.717) is 47.3 Å². The third kappa shape index (κ3) is 14.5. The summed E-state index contributed by atoms with van der Waals surface area (Å²) < 4.78 is 0. The average Bonchev–Trinajstić information content (AvgIpc) is 3.06. The maximum absolute atomic E-state index is 2.36. The molecule has 54 heavy (non-hydrogen) atoms. The molecule has 0 spiro atoms. The lowest BCUT2D eigenvalue weighted by molar-refractivity contribution is 0.825. The smallest absolute Gasteiger partial charge is 0.0216 e. The minimum absolute atomic E-state index is 0.634. The SMILES string of the molecule is Cc1c(C(C)C)ccc(C(C)C)c1C.Cc1cc(C(C)C)c(C)cc1C(C)C.Cc1cc(C(C)C)ccc1C(C)C.Cc1cc(C(C)C)ccc1C(C)C. The van der Waals surface area contributed by atoms with Gasteiger partial charge in [-0.3, -0.25) is 0 Å². The summed E-state index contributed by atoms with van der Waals surface area (Å²) in [5.74, 6) is 5.09. The van der Waals surface area contributed by atoms with Gasteiger partial charge in [0.2, 0.25) is 0 Å². The molecule has 0 saturated heterocycles. The van der Waals surface area contributed by atoms with Crippen molar-refractivity contribution in [1.29, 1.82) is 0 Å². The van der Waals surface area contributed by atoms with Crippen molar-refractivity contribution in [3.8, 4) is 0 Å². The van der Waals surface area contributed by atoms with Crippen molar-refractivity contribution in [2.75, 3.05) is 0 Å². The molecule has 4 aromatic carbocycles. The van der Waals surface area contributed by atoms with Crippen molar-refractivity contribution >= 4 is 0 Å². The van der Waals surface area contributed by atoms with Gasteiger partial charge in [0.25, 0.3) is 0 Å². The van der Waals surface area contributed by atoms with Crippen LogP contribution in [0.2, 0.25) is 0 Å². The Labute approximate surface area is 337 Å². The average molecular weight is 733 g/mol. The molecule has 0 aromatic heterocycles. The van der Waals surface area contributed by atoms with Gasteiger partial charge < -0.3 is 0 Å². The summed E-state index contributed by atoms with van der Waals surface area (Å²) in [6.07, 6.45) is 0. The number of hydrogen-bond acceptors (Lipinski definition) is 0. The van der Waals surface area contributed by atoms with Gasteiger partial charge in [0.15, 0.2) is 0 Å². The molecule has 0 saturated carbocycles. The largest absolute Gasteiger partial charge is 0.0587 e. The van der Waals surface area contributed by atoms with Crippen molar-refractivity contribution in [2.45, 2.75) is 200 Å². The lowest BCUT2D eigenvalue weighted by Gasteiger charge is -2.17. The van der Waals surface area contributed by atoms with Gasteiger partial charge in [0.05, 0.1) is 0 Å². The highest BCUT2D eigenvalue weighted by Crippen LogP contribution is 2.29. The van der Waals surface area contributed by atoms with Crippen LogP contribution in [0.1, 0.15) is 236 Å².